The fourth-order valence-corrected chi connectivity index (χ4v) is 3.10. The predicted octanol–water partition coefficient (Wildman–Crippen LogP) is 2.70. The molecule has 2 rings (SSSR count). The first kappa shape index (κ1) is 15.2. The van der Waals surface area contributed by atoms with Gasteiger partial charge in [0.05, 0.1) is 17.7 Å². The lowest BCUT2D eigenvalue weighted by atomic mass is 10.1. The molecule has 5 nitrogen and oxygen atoms in total. The van der Waals surface area contributed by atoms with Gasteiger partial charge in [-0.05, 0) is 43.2 Å². The molecule has 0 aliphatic heterocycles. The van der Waals surface area contributed by atoms with Crippen LogP contribution in [0.2, 0.25) is 0 Å². The fourth-order valence-electron chi connectivity index (χ4n) is 1.95. The van der Waals surface area contributed by atoms with Gasteiger partial charge in [0, 0.05) is 11.8 Å². The standard InChI is InChI=1S/C15H18N2O3S/c1-10-7-8-14(11(2)15(10)16)17-21(18,19)13-6-4-5-12(9-13)20-3/h4-9,17H,16H2,1-3H3. The summed E-state index contributed by atoms with van der Waals surface area (Å²) < 4.78 is 32.4. The number of nitrogens with one attached hydrogen (secondary N) is 1. The molecule has 0 unspecified atom stereocenters. The number of benzene rings is 2. The highest BCUT2D eigenvalue weighted by molar-refractivity contribution is 7.92. The monoisotopic (exact) mass is 306 g/mol. The summed E-state index contributed by atoms with van der Waals surface area (Å²) >= 11 is 0. The van der Waals surface area contributed by atoms with Crippen LogP contribution in [0.1, 0.15) is 11.1 Å². The van der Waals surface area contributed by atoms with Crippen molar-refractivity contribution in [2.75, 3.05) is 17.6 Å². The summed E-state index contributed by atoms with van der Waals surface area (Å²) in [5, 5.41) is 0. The average molecular weight is 306 g/mol. The summed E-state index contributed by atoms with van der Waals surface area (Å²) in [6.45, 7) is 3.66. The summed E-state index contributed by atoms with van der Waals surface area (Å²) in [5.74, 6) is 0.484. The first-order valence-electron chi connectivity index (χ1n) is 6.37. The maximum Gasteiger partial charge on any atom is 0.262 e. The van der Waals surface area contributed by atoms with Crippen LogP contribution in [0.5, 0.6) is 5.75 Å². The van der Waals surface area contributed by atoms with Crippen molar-refractivity contribution in [1.29, 1.82) is 0 Å². The van der Waals surface area contributed by atoms with Crippen molar-refractivity contribution in [3.05, 3.63) is 47.5 Å². The van der Waals surface area contributed by atoms with Gasteiger partial charge in [-0.15, -0.1) is 0 Å². The maximum absolute atomic E-state index is 12.4. The second-order valence-corrected chi connectivity index (χ2v) is 6.44. The Morgan fingerprint density at radius 3 is 2.52 bits per heavy atom. The molecule has 0 bridgehead atoms. The molecule has 3 N–H and O–H groups in total. The van der Waals surface area contributed by atoms with E-state index in [9.17, 15) is 8.42 Å². The van der Waals surface area contributed by atoms with Crippen LogP contribution in [-0.2, 0) is 10.0 Å². The molecule has 2 aromatic carbocycles. The van der Waals surface area contributed by atoms with E-state index in [1.165, 1.54) is 19.2 Å². The van der Waals surface area contributed by atoms with Gasteiger partial charge in [-0.1, -0.05) is 12.1 Å². The Bertz CT molecular complexity index is 770. The summed E-state index contributed by atoms with van der Waals surface area (Å²) in [5.41, 5.74) is 8.61. The Hall–Kier alpha value is -2.21. The number of aryl methyl sites for hydroxylation is 1. The normalized spacial score (nSPS) is 11.2. The Morgan fingerprint density at radius 1 is 1.14 bits per heavy atom. The zero-order chi connectivity index (χ0) is 15.6. The topological polar surface area (TPSA) is 81.4 Å². The van der Waals surface area contributed by atoms with Crippen molar-refractivity contribution < 1.29 is 13.2 Å². The molecule has 0 radical (unpaired) electrons. The highest BCUT2D eigenvalue weighted by atomic mass is 32.2. The van der Waals surface area contributed by atoms with E-state index in [1.54, 1.807) is 31.2 Å². The predicted molar refractivity (Wildman–Crippen MR) is 84.1 cm³/mol. The van der Waals surface area contributed by atoms with Gasteiger partial charge >= 0.3 is 0 Å². The molecular weight excluding hydrogens is 288 g/mol. The van der Waals surface area contributed by atoms with Gasteiger partial charge in [0.1, 0.15) is 5.75 Å². The number of rotatable bonds is 4. The molecule has 0 amide bonds. The van der Waals surface area contributed by atoms with E-state index in [4.69, 9.17) is 10.5 Å². The second kappa shape index (κ2) is 5.65. The molecule has 0 heterocycles. The fraction of sp³-hybridized carbons (Fsp3) is 0.200. The number of anilines is 2. The molecular formula is C15H18N2O3S. The first-order valence-corrected chi connectivity index (χ1v) is 7.86. The van der Waals surface area contributed by atoms with Gasteiger partial charge in [-0.3, -0.25) is 4.72 Å². The first-order chi connectivity index (χ1) is 9.85. The Kier molecular flexibility index (Phi) is 4.09. The van der Waals surface area contributed by atoms with Gasteiger partial charge in [-0.2, -0.15) is 0 Å². The van der Waals surface area contributed by atoms with Crippen LogP contribution < -0.4 is 15.2 Å². The average Bonchev–Trinajstić information content (AvgIpc) is 2.48. The van der Waals surface area contributed by atoms with Crippen LogP contribution >= 0.6 is 0 Å². The van der Waals surface area contributed by atoms with Gasteiger partial charge in [0.25, 0.3) is 10.0 Å². The van der Waals surface area contributed by atoms with Crippen molar-refractivity contribution in [1.82, 2.24) is 0 Å². The molecule has 0 saturated heterocycles. The van der Waals surface area contributed by atoms with Gasteiger partial charge in [0.15, 0.2) is 0 Å². The molecule has 112 valence electrons. The van der Waals surface area contributed by atoms with Crippen LogP contribution in [-0.4, -0.2) is 15.5 Å². The number of hydrogen-bond acceptors (Lipinski definition) is 4. The number of ether oxygens (including phenoxy) is 1. The number of nitrogen functional groups attached to an aromatic ring is 1. The maximum atomic E-state index is 12.4. The minimum absolute atomic E-state index is 0.139. The van der Waals surface area contributed by atoms with Gasteiger partial charge in [-0.25, -0.2) is 8.42 Å². The minimum Gasteiger partial charge on any atom is -0.497 e. The molecule has 0 atom stereocenters. The zero-order valence-electron chi connectivity index (χ0n) is 12.2. The van der Waals surface area contributed by atoms with E-state index >= 15 is 0 Å². The molecule has 0 spiro atoms. The largest absolute Gasteiger partial charge is 0.497 e. The van der Waals surface area contributed by atoms with Crippen molar-refractivity contribution in [3.8, 4) is 5.75 Å². The van der Waals surface area contributed by atoms with Crippen LogP contribution in [0, 0.1) is 13.8 Å². The van der Waals surface area contributed by atoms with Crippen LogP contribution in [0.3, 0.4) is 0 Å². The third-order valence-corrected chi connectivity index (χ3v) is 4.69. The summed E-state index contributed by atoms with van der Waals surface area (Å²) in [4.78, 5) is 0.139. The quantitative estimate of drug-likeness (QED) is 0.851. The van der Waals surface area contributed by atoms with Crippen LogP contribution in [0.25, 0.3) is 0 Å². The van der Waals surface area contributed by atoms with E-state index in [1.807, 2.05) is 6.92 Å². The van der Waals surface area contributed by atoms with E-state index in [0.29, 0.717) is 22.7 Å². The highest BCUT2D eigenvalue weighted by Crippen LogP contribution is 2.27. The number of nitrogens with two attached hydrogens (primary N) is 1. The molecule has 0 aliphatic carbocycles. The molecule has 21 heavy (non-hydrogen) atoms. The smallest absolute Gasteiger partial charge is 0.262 e. The highest BCUT2D eigenvalue weighted by Gasteiger charge is 2.17. The van der Waals surface area contributed by atoms with E-state index in [0.717, 1.165) is 5.56 Å². The molecule has 0 aliphatic rings. The van der Waals surface area contributed by atoms with Crippen molar-refractivity contribution >= 4 is 21.4 Å². The molecule has 6 heteroatoms. The summed E-state index contributed by atoms with van der Waals surface area (Å²) in [6, 6.07) is 9.79. The third-order valence-electron chi connectivity index (χ3n) is 3.33. The van der Waals surface area contributed by atoms with Crippen molar-refractivity contribution in [3.63, 3.8) is 0 Å². The number of sulfonamides is 1. The summed E-state index contributed by atoms with van der Waals surface area (Å²) in [7, 11) is -2.19. The van der Waals surface area contributed by atoms with Crippen molar-refractivity contribution in [2.45, 2.75) is 18.7 Å². The lowest BCUT2D eigenvalue weighted by molar-refractivity contribution is 0.413. The van der Waals surface area contributed by atoms with E-state index in [-0.39, 0.29) is 4.90 Å². The Labute approximate surface area is 124 Å². The minimum atomic E-state index is -3.68. The second-order valence-electron chi connectivity index (χ2n) is 4.75. The molecule has 0 fully saturated rings. The Morgan fingerprint density at radius 2 is 1.86 bits per heavy atom. The molecule has 0 aromatic heterocycles. The van der Waals surface area contributed by atoms with Crippen LogP contribution in [0.4, 0.5) is 11.4 Å². The summed E-state index contributed by atoms with van der Waals surface area (Å²) in [6.07, 6.45) is 0. The zero-order valence-corrected chi connectivity index (χ0v) is 13.0. The van der Waals surface area contributed by atoms with Gasteiger partial charge < -0.3 is 10.5 Å². The Balaban J connectivity index is 2.40. The molecule has 0 saturated carbocycles. The van der Waals surface area contributed by atoms with Gasteiger partial charge in [0.2, 0.25) is 0 Å². The third kappa shape index (κ3) is 3.11. The number of hydrogen-bond donors (Lipinski definition) is 2. The lowest BCUT2D eigenvalue weighted by Crippen LogP contribution is -2.14. The van der Waals surface area contributed by atoms with E-state index in [2.05, 4.69) is 4.72 Å². The SMILES string of the molecule is COc1cccc(S(=O)(=O)Nc2ccc(C)c(N)c2C)c1. The van der Waals surface area contributed by atoms with E-state index < -0.39 is 10.0 Å². The molecule has 2 aromatic rings. The van der Waals surface area contributed by atoms with Crippen LogP contribution in [0.15, 0.2) is 41.3 Å². The van der Waals surface area contributed by atoms with Crippen molar-refractivity contribution in [2.24, 2.45) is 0 Å². The number of methoxy groups -OCH3 is 1. The lowest BCUT2D eigenvalue weighted by Gasteiger charge is -2.14.